The van der Waals surface area contributed by atoms with Gasteiger partial charge in [-0.2, -0.15) is 0 Å². The van der Waals surface area contributed by atoms with Gasteiger partial charge in [0.05, 0.1) is 11.4 Å². The second-order valence-corrected chi connectivity index (χ2v) is 6.79. The van der Waals surface area contributed by atoms with E-state index in [2.05, 4.69) is 37.2 Å². The molecule has 1 amide bonds. The summed E-state index contributed by atoms with van der Waals surface area (Å²) in [6.45, 7) is 0. The first-order chi connectivity index (χ1) is 9.56. The van der Waals surface area contributed by atoms with E-state index in [9.17, 15) is 4.79 Å². The summed E-state index contributed by atoms with van der Waals surface area (Å²) in [5, 5.41) is 2.86. The lowest BCUT2D eigenvalue weighted by Gasteiger charge is -2.08. The Morgan fingerprint density at radius 3 is 2.70 bits per heavy atom. The molecule has 0 aromatic heterocycles. The lowest BCUT2D eigenvalue weighted by Crippen LogP contribution is -2.14. The first-order valence-electron chi connectivity index (χ1n) is 5.78. The molecule has 0 atom stereocenters. The lowest BCUT2D eigenvalue weighted by molar-refractivity contribution is -0.113. The van der Waals surface area contributed by atoms with Crippen LogP contribution in [0.3, 0.4) is 0 Å². The summed E-state index contributed by atoms with van der Waals surface area (Å²) in [6, 6.07) is 13.1. The largest absolute Gasteiger partial charge is 0.398 e. The number of thioether (sulfide) groups is 1. The van der Waals surface area contributed by atoms with Crippen LogP contribution in [0.1, 0.15) is 0 Å². The van der Waals surface area contributed by atoms with Gasteiger partial charge < -0.3 is 11.1 Å². The maximum Gasteiger partial charge on any atom is 0.234 e. The first-order valence-corrected chi connectivity index (χ1v) is 8.35. The summed E-state index contributed by atoms with van der Waals surface area (Å²) in [7, 11) is 0. The molecule has 0 bridgehead atoms. The van der Waals surface area contributed by atoms with Crippen molar-refractivity contribution >= 4 is 60.9 Å². The van der Waals surface area contributed by atoms with Gasteiger partial charge in [-0.3, -0.25) is 4.79 Å². The van der Waals surface area contributed by atoms with Crippen LogP contribution < -0.4 is 11.1 Å². The zero-order valence-electron chi connectivity index (χ0n) is 10.4. The van der Waals surface area contributed by atoms with Crippen LogP contribution in [0.5, 0.6) is 0 Å². The van der Waals surface area contributed by atoms with Gasteiger partial charge in [-0.1, -0.05) is 28.1 Å². The molecular formula is C14H12Br2N2OS. The average molecular weight is 416 g/mol. The van der Waals surface area contributed by atoms with Crippen LogP contribution in [0.4, 0.5) is 11.4 Å². The standard InChI is InChI=1S/C14H12Br2N2OS/c15-9-5-6-11(17)13(7-9)20-8-14(19)18-12-4-2-1-3-10(12)16/h1-7H,8,17H2,(H,18,19). The normalized spacial score (nSPS) is 10.3. The Kier molecular flexibility index (Phi) is 5.51. The van der Waals surface area contributed by atoms with Gasteiger partial charge in [-0.25, -0.2) is 0 Å². The maximum absolute atomic E-state index is 11.9. The van der Waals surface area contributed by atoms with Crippen LogP contribution >= 0.6 is 43.6 Å². The number of hydrogen-bond acceptors (Lipinski definition) is 3. The Balaban J connectivity index is 1.96. The number of hydrogen-bond donors (Lipinski definition) is 2. The van der Waals surface area contributed by atoms with Gasteiger partial charge in [-0.05, 0) is 46.3 Å². The molecule has 3 nitrogen and oxygen atoms in total. The van der Waals surface area contributed by atoms with Gasteiger partial charge in [0.1, 0.15) is 0 Å². The Labute approximate surface area is 138 Å². The van der Waals surface area contributed by atoms with Gasteiger partial charge in [0.2, 0.25) is 5.91 Å². The molecule has 0 saturated carbocycles. The van der Waals surface area contributed by atoms with Gasteiger partial charge >= 0.3 is 0 Å². The average Bonchev–Trinajstić information content (AvgIpc) is 2.42. The predicted octanol–water partition coefficient (Wildman–Crippen LogP) is 4.52. The Hall–Kier alpha value is -0.980. The van der Waals surface area contributed by atoms with Gasteiger partial charge in [0.15, 0.2) is 0 Å². The van der Waals surface area contributed by atoms with Gasteiger partial charge in [0.25, 0.3) is 0 Å². The van der Waals surface area contributed by atoms with E-state index in [0.717, 1.165) is 19.5 Å². The van der Waals surface area contributed by atoms with E-state index in [0.29, 0.717) is 11.4 Å². The molecule has 0 aliphatic carbocycles. The fraction of sp³-hybridized carbons (Fsp3) is 0.0714. The van der Waals surface area contributed by atoms with E-state index in [-0.39, 0.29) is 5.91 Å². The minimum atomic E-state index is -0.0683. The quantitative estimate of drug-likeness (QED) is 0.569. The number of nitrogen functional groups attached to an aromatic ring is 1. The number of halogens is 2. The fourth-order valence-corrected chi connectivity index (χ4v) is 3.23. The summed E-state index contributed by atoms with van der Waals surface area (Å²) < 4.78 is 1.81. The second kappa shape index (κ2) is 7.15. The molecular weight excluding hydrogens is 404 g/mol. The zero-order valence-corrected chi connectivity index (χ0v) is 14.4. The van der Waals surface area contributed by atoms with E-state index < -0.39 is 0 Å². The number of para-hydroxylation sites is 1. The van der Waals surface area contributed by atoms with Crippen LogP contribution in [0.15, 0.2) is 56.3 Å². The molecule has 2 aromatic rings. The molecule has 0 fully saturated rings. The lowest BCUT2D eigenvalue weighted by atomic mass is 10.3. The van der Waals surface area contributed by atoms with Crippen LogP contribution in [0, 0.1) is 0 Å². The fourth-order valence-electron chi connectivity index (χ4n) is 1.53. The minimum Gasteiger partial charge on any atom is -0.398 e. The van der Waals surface area contributed by atoms with Crippen molar-refractivity contribution in [2.24, 2.45) is 0 Å². The summed E-state index contributed by atoms with van der Waals surface area (Å²) in [4.78, 5) is 12.8. The molecule has 2 aromatic carbocycles. The van der Waals surface area contributed by atoms with Crippen molar-refractivity contribution in [2.45, 2.75) is 4.90 Å². The van der Waals surface area contributed by atoms with Crippen molar-refractivity contribution in [2.75, 3.05) is 16.8 Å². The smallest absolute Gasteiger partial charge is 0.234 e. The summed E-state index contributed by atoms with van der Waals surface area (Å²) in [5.74, 6) is 0.239. The summed E-state index contributed by atoms with van der Waals surface area (Å²) >= 11 is 8.20. The van der Waals surface area contributed by atoms with Crippen molar-refractivity contribution in [3.05, 3.63) is 51.4 Å². The van der Waals surface area contributed by atoms with Crippen LogP contribution in [-0.4, -0.2) is 11.7 Å². The second-order valence-electron chi connectivity index (χ2n) is 4.00. The van der Waals surface area contributed by atoms with Crippen LogP contribution in [0.25, 0.3) is 0 Å². The molecule has 0 heterocycles. The van der Waals surface area contributed by atoms with E-state index in [1.807, 2.05) is 42.5 Å². The third kappa shape index (κ3) is 4.26. The third-order valence-corrected chi connectivity index (χ3v) is 4.74. The molecule has 20 heavy (non-hydrogen) atoms. The molecule has 2 rings (SSSR count). The molecule has 0 radical (unpaired) electrons. The first kappa shape index (κ1) is 15.4. The molecule has 0 spiro atoms. The highest BCUT2D eigenvalue weighted by Gasteiger charge is 2.08. The topological polar surface area (TPSA) is 55.1 Å². The third-order valence-electron chi connectivity index (χ3n) is 2.48. The molecule has 0 aliphatic rings. The number of anilines is 2. The van der Waals surface area contributed by atoms with Crippen LogP contribution in [-0.2, 0) is 4.79 Å². The number of carbonyl (C=O) groups excluding carboxylic acids is 1. The highest BCUT2D eigenvalue weighted by atomic mass is 79.9. The van der Waals surface area contributed by atoms with Crippen molar-refractivity contribution in [1.82, 2.24) is 0 Å². The van der Waals surface area contributed by atoms with Crippen LogP contribution in [0.2, 0.25) is 0 Å². The highest BCUT2D eigenvalue weighted by Crippen LogP contribution is 2.28. The molecule has 6 heteroatoms. The summed E-state index contributed by atoms with van der Waals surface area (Å²) in [6.07, 6.45) is 0. The zero-order chi connectivity index (χ0) is 14.5. The Morgan fingerprint density at radius 1 is 1.20 bits per heavy atom. The molecule has 104 valence electrons. The predicted molar refractivity (Wildman–Crippen MR) is 92.1 cm³/mol. The Bertz CT molecular complexity index is 634. The molecule has 0 saturated heterocycles. The number of nitrogens with one attached hydrogen (secondary N) is 1. The van der Waals surface area contributed by atoms with Crippen molar-refractivity contribution < 1.29 is 4.79 Å². The monoisotopic (exact) mass is 414 g/mol. The summed E-state index contributed by atoms with van der Waals surface area (Å²) in [5.41, 5.74) is 7.31. The SMILES string of the molecule is Nc1ccc(Br)cc1SCC(=O)Nc1ccccc1Br. The minimum absolute atomic E-state index is 0.0683. The van der Waals surface area contributed by atoms with Crippen molar-refractivity contribution in [3.8, 4) is 0 Å². The van der Waals surface area contributed by atoms with Crippen molar-refractivity contribution in [3.63, 3.8) is 0 Å². The van der Waals surface area contributed by atoms with Gasteiger partial charge in [-0.15, -0.1) is 11.8 Å². The number of nitrogens with two attached hydrogens (primary N) is 1. The van der Waals surface area contributed by atoms with E-state index >= 15 is 0 Å². The number of amides is 1. The number of carbonyl (C=O) groups is 1. The van der Waals surface area contributed by atoms with E-state index in [1.165, 1.54) is 11.8 Å². The maximum atomic E-state index is 11.9. The van der Waals surface area contributed by atoms with Crippen molar-refractivity contribution in [1.29, 1.82) is 0 Å². The number of benzene rings is 2. The molecule has 0 unspecified atom stereocenters. The molecule has 3 N–H and O–H groups in total. The highest BCUT2D eigenvalue weighted by molar-refractivity contribution is 9.10. The number of rotatable bonds is 4. The van der Waals surface area contributed by atoms with E-state index in [1.54, 1.807) is 0 Å². The molecule has 0 aliphatic heterocycles. The van der Waals surface area contributed by atoms with Gasteiger partial charge in [0, 0.05) is 19.5 Å². The Morgan fingerprint density at radius 2 is 1.95 bits per heavy atom. The van der Waals surface area contributed by atoms with E-state index in [4.69, 9.17) is 5.73 Å².